The van der Waals surface area contributed by atoms with E-state index in [1.165, 1.54) is 6.92 Å². The highest BCUT2D eigenvalue weighted by molar-refractivity contribution is 6.67. The van der Waals surface area contributed by atoms with Gasteiger partial charge in [0.15, 0.2) is 17.5 Å². The van der Waals surface area contributed by atoms with Crippen molar-refractivity contribution >= 4 is 93.6 Å². The van der Waals surface area contributed by atoms with Gasteiger partial charge >= 0.3 is 5.97 Å². The highest BCUT2D eigenvalue weighted by Crippen LogP contribution is 2.48. The summed E-state index contributed by atoms with van der Waals surface area (Å²) in [4.78, 5) is 36.4. The summed E-state index contributed by atoms with van der Waals surface area (Å²) in [6.45, 7) is 8.12. The van der Waals surface area contributed by atoms with Crippen molar-refractivity contribution in [3.63, 3.8) is 0 Å². The molecule has 1 aromatic carbocycles. The van der Waals surface area contributed by atoms with Crippen molar-refractivity contribution in [2.75, 3.05) is 0 Å². The van der Waals surface area contributed by atoms with Crippen molar-refractivity contribution in [1.29, 1.82) is 0 Å². The van der Waals surface area contributed by atoms with Gasteiger partial charge in [-0.2, -0.15) is 0 Å². The Balaban J connectivity index is 1.62. The normalized spacial score (nSPS) is 21.3. The van der Waals surface area contributed by atoms with Gasteiger partial charge in [0.05, 0.1) is 0 Å². The summed E-state index contributed by atoms with van der Waals surface area (Å²) in [7, 11) is 0. The summed E-state index contributed by atoms with van der Waals surface area (Å²) in [6.07, 6.45) is 6.91. The Labute approximate surface area is 264 Å². The largest absolute Gasteiger partial charge is 0.427 e. The number of rotatable bonds is 7. The molecular formula is C27H30Cl6N4O3. The molecule has 0 radical (unpaired) electrons. The van der Waals surface area contributed by atoms with E-state index in [9.17, 15) is 9.59 Å². The van der Waals surface area contributed by atoms with E-state index in [0.29, 0.717) is 12.2 Å². The summed E-state index contributed by atoms with van der Waals surface area (Å²) in [6, 6.07) is 6.98. The molecule has 218 valence electrons. The molecule has 0 saturated heterocycles. The van der Waals surface area contributed by atoms with E-state index in [1.54, 1.807) is 36.4 Å². The first-order valence-corrected chi connectivity index (χ1v) is 14.8. The molecule has 40 heavy (non-hydrogen) atoms. The lowest BCUT2D eigenvalue weighted by Gasteiger charge is -2.47. The summed E-state index contributed by atoms with van der Waals surface area (Å²) in [5.74, 6) is -0.180. The maximum atomic E-state index is 12.6. The van der Waals surface area contributed by atoms with E-state index in [1.807, 2.05) is 0 Å². The number of carbonyl (C=O) groups is 2. The van der Waals surface area contributed by atoms with Crippen LogP contribution in [0.3, 0.4) is 0 Å². The maximum absolute atomic E-state index is 12.6. The number of carbonyl (C=O) groups excluding carboxylic acids is 2. The fourth-order valence-corrected chi connectivity index (χ4v) is 5.85. The monoisotopic (exact) mass is 668 g/mol. The number of alkyl halides is 6. The van der Waals surface area contributed by atoms with Crippen LogP contribution in [0.1, 0.15) is 82.8 Å². The highest BCUT2D eigenvalue weighted by Gasteiger charge is 2.41. The zero-order chi connectivity index (χ0) is 29.9. The molecule has 2 aromatic rings. The number of nitrogens with zero attached hydrogens (tertiary/aromatic N) is 3. The van der Waals surface area contributed by atoms with Crippen molar-refractivity contribution in [1.82, 2.24) is 20.3 Å². The van der Waals surface area contributed by atoms with E-state index in [0.717, 1.165) is 24.8 Å². The average Bonchev–Trinajstić information content (AvgIpc) is 2.79. The Morgan fingerprint density at radius 3 is 2.05 bits per heavy atom. The zero-order valence-corrected chi connectivity index (χ0v) is 26.9. The molecule has 7 nitrogen and oxygen atoms in total. The predicted octanol–water partition coefficient (Wildman–Crippen LogP) is 8.10. The van der Waals surface area contributed by atoms with Gasteiger partial charge in [-0.25, -0.2) is 15.0 Å². The topological polar surface area (TPSA) is 94.1 Å². The van der Waals surface area contributed by atoms with Gasteiger partial charge < -0.3 is 10.1 Å². The number of amides is 1. The second-order valence-corrected chi connectivity index (χ2v) is 15.7. The fourth-order valence-electron chi connectivity index (χ4n) is 5.34. The van der Waals surface area contributed by atoms with Crippen LogP contribution in [0.15, 0.2) is 24.3 Å². The minimum atomic E-state index is -1.94. The van der Waals surface area contributed by atoms with Gasteiger partial charge in [0, 0.05) is 19.4 Å². The third-order valence-corrected chi connectivity index (χ3v) is 7.49. The van der Waals surface area contributed by atoms with Crippen molar-refractivity contribution in [3.8, 4) is 5.75 Å². The van der Waals surface area contributed by atoms with Gasteiger partial charge in [-0.05, 0) is 60.3 Å². The first kappa shape index (κ1) is 33.2. The molecule has 2 unspecified atom stereocenters. The van der Waals surface area contributed by atoms with Crippen LogP contribution in [0.4, 0.5) is 0 Å². The summed E-state index contributed by atoms with van der Waals surface area (Å²) >= 11 is 35.4. The quantitative estimate of drug-likeness (QED) is 0.182. The van der Waals surface area contributed by atoms with Gasteiger partial charge in [-0.1, -0.05) is 109 Å². The molecule has 1 fully saturated rings. The molecule has 1 aromatic heterocycles. The standard InChI is InChI=1S/C27H30Cl6N4O3/c1-16(38)34-18-13-24(2,3)15-25(4,14-18)12-11-21(39)40-19-8-5-17(6-9-19)7-10-20-35-22(26(28,29)30)37-23(36-20)27(31,32)33/h5-10,18H,11-15H2,1-4H3,(H,34,38)/b10-7+. The second-order valence-electron chi connectivity index (χ2n) is 11.2. The predicted molar refractivity (Wildman–Crippen MR) is 162 cm³/mol. The second kappa shape index (κ2) is 12.9. The molecule has 0 bridgehead atoms. The van der Waals surface area contributed by atoms with Crippen LogP contribution < -0.4 is 10.1 Å². The van der Waals surface area contributed by atoms with Gasteiger partial charge in [0.1, 0.15) is 5.75 Å². The highest BCUT2D eigenvalue weighted by atomic mass is 35.6. The maximum Gasteiger partial charge on any atom is 0.311 e. The Morgan fingerprint density at radius 2 is 1.52 bits per heavy atom. The third kappa shape index (κ3) is 10.2. The van der Waals surface area contributed by atoms with E-state index >= 15 is 0 Å². The molecule has 1 N–H and O–H groups in total. The Hall–Kier alpha value is -1.35. The van der Waals surface area contributed by atoms with Crippen LogP contribution >= 0.6 is 69.6 Å². The molecule has 0 aliphatic heterocycles. The van der Waals surface area contributed by atoms with Gasteiger partial charge in [0.25, 0.3) is 0 Å². The summed E-state index contributed by atoms with van der Waals surface area (Å²) in [5, 5.41) is 3.06. The van der Waals surface area contributed by atoms with E-state index < -0.39 is 7.59 Å². The third-order valence-electron chi connectivity index (χ3n) is 6.48. The minimum absolute atomic E-state index is 0.0313. The van der Waals surface area contributed by atoms with Crippen LogP contribution in [0.2, 0.25) is 0 Å². The molecule has 3 rings (SSSR count). The SMILES string of the molecule is CC(=O)NC1CC(C)(C)CC(C)(CCC(=O)Oc2ccc(/C=C/c3nc(C(Cl)(Cl)Cl)nc(C(Cl)(Cl)Cl)n3)cc2)C1. The van der Waals surface area contributed by atoms with E-state index in [-0.39, 0.29) is 52.6 Å². The number of ether oxygens (including phenoxy) is 1. The number of aromatic nitrogens is 3. The first-order chi connectivity index (χ1) is 18.3. The number of hydrogen-bond acceptors (Lipinski definition) is 6. The lowest BCUT2D eigenvalue weighted by atomic mass is 9.61. The van der Waals surface area contributed by atoms with Crippen LogP contribution in [0.5, 0.6) is 5.75 Å². The van der Waals surface area contributed by atoms with Gasteiger partial charge in [-0.3, -0.25) is 9.59 Å². The molecular weight excluding hydrogens is 641 g/mol. The Kier molecular flexibility index (Phi) is 10.7. The Morgan fingerprint density at radius 1 is 0.950 bits per heavy atom. The summed E-state index contributed by atoms with van der Waals surface area (Å²) in [5.41, 5.74) is 0.746. The number of nitrogens with one attached hydrogen (secondary N) is 1. The molecule has 1 saturated carbocycles. The van der Waals surface area contributed by atoms with E-state index in [4.69, 9.17) is 74.3 Å². The molecule has 0 spiro atoms. The Bertz CT molecular complexity index is 1230. The van der Waals surface area contributed by atoms with Gasteiger partial charge in [-0.15, -0.1) is 0 Å². The number of halogens is 6. The number of esters is 1. The molecule has 1 amide bonds. The van der Waals surface area contributed by atoms with Gasteiger partial charge in [0.2, 0.25) is 13.5 Å². The van der Waals surface area contributed by atoms with Crippen LogP contribution in [0.25, 0.3) is 12.2 Å². The average molecular weight is 671 g/mol. The van der Waals surface area contributed by atoms with Crippen molar-refractivity contribution < 1.29 is 14.3 Å². The van der Waals surface area contributed by atoms with Crippen LogP contribution in [-0.2, 0) is 17.2 Å². The van der Waals surface area contributed by atoms with Crippen LogP contribution in [0, 0.1) is 10.8 Å². The lowest BCUT2D eigenvalue weighted by Crippen LogP contribution is -2.46. The van der Waals surface area contributed by atoms with E-state index in [2.05, 4.69) is 41.0 Å². The van der Waals surface area contributed by atoms with Crippen molar-refractivity contribution in [2.45, 2.75) is 73.4 Å². The van der Waals surface area contributed by atoms with Crippen molar-refractivity contribution in [2.24, 2.45) is 10.8 Å². The summed E-state index contributed by atoms with van der Waals surface area (Å²) < 4.78 is 1.67. The molecule has 13 heteroatoms. The lowest BCUT2D eigenvalue weighted by molar-refractivity contribution is -0.135. The zero-order valence-electron chi connectivity index (χ0n) is 22.4. The number of hydrogen-bond donors (Lipinski definition) is 1. The van der Waals surface area contributed by atoms with Crippen molar-refractivity contribution in [3.05, 3.63) is 47.3 Å². The minimum Gasteiger partial charge on any atom is -0.427 e. The smallest absolute Gasteiger partial charge is 0.311 e. The molecule has 2 atom stereocenters. The fraction of sp³-hybridized carbons (Fsp3) is 0.519. The molecule has 1 heterocycles. The number of benzene rings is 1. The van der Waals surface area contributed by atoms with Crippen LogP contribution in [-0.4, -0.2) is 32.9 Å². The first-order valence-electron chi connectivity index (χ1n) is 12.5. The molecule has 1 aliphatic carbocycles. The molecule has 1 aliphatic rings.